The van der Waals surface area contributed by atoms with Gasteiger partial charge in [-0.1, -0.05) is 6.92 Å². The fourth-order valence-corrected chi connectivity index (χ4v) is 4.22. The largest absolute Gasteiger partial charge is 0.497 e. The van der Waals surface area contributed by atoms with E-state index in [1.54, 1.807) is 26.4 Å². The van der Waals surface area contributed by atoms with Crippen molar-refractivity contribution >= 4 is 17.5 Å². The molecule has 1 aliphatic heterocycles. The van der Waals surface area contributed by atoms with Gasteiger partial charge in [0.15, 0.2) is 0 Å². The van der Waals surface area contributed by atoms with Gasteiger partial charge >= 0.3 is 0 Å². The van der Waals surface area contributed by atoms with Crippen molar-refractivity contribution in [2.75, 3.05) is 37.5 Å². The van der Waals surface area contributed by atoms with Crippen LogP contribution in [0.4, 0.5) is 11.6 Å². The highest BCUT2D eigenvalue weighted by molar-refractivity contribution is 5.94. The Balaban J connectivity index is 1.42. The third-order valence-corrected chi connectivity index (χ3v) is 6.24. The molecule has 2 aliphatic rings. The third-order valence-electron chi connectivity index (χ3n) is 6.24. The maximum atomic E-state index is 12.9. The molecule has 2 aromatic rings. The van der Waals surface area contributed by atoms with Crippen LogP contribution in [0.2, 0.25) is 0 Å². The van der Waals surface area contributed by atoms with E-state index < -0.39 is 0 Å². The zero-order chi connectivity index (χ0) is 21.1. The molecule has 0 bridgehead atoms. The monoisotopic (exact) mass is 410 g/mol. The number of fused-ring (bicyclic) bond motifs is 1. The minimum atomic E-state index is -0.102. The van der Waals surface area contributed by atoms with E-state index >= 15 is 0 Å². The highest BCUT2D eigenvalue weighted by Crippen LogP contribution is 2.31. The Hall–Kier alpha value is -2.83. The summed E-state index contributed by atoms with van der Waals surface area (Å²) in [4.78, 5) is 24.6. The average Bonchev–Trinajstić information content (AvgIpc) is 2.79. The van der Waals surface area contributed by atoms with E-state index in [-0.39, 0.29) is 11.8 Å². The topological polar surface area (TPSA) is 76.6 Å². The molecule has 7 nitrogen and oxygen atoms in total. The van der Waals surface area contributed by atoms with E-state index in [0.29, 0.717) is 23.6 Å². The summed E-state index contributed by atoms with van der Waals surface area (Å²) in [6.45, 7) is 4.35. The molecule has 0 saturated carbocycles. The second-order valence-corrected chi connectivity index (χ2v) is 8.31. The molecule has 1 aromatic carbocycles. The molecule has 1 aromatic heterocycles. The molecule has 0 radical (unpaired) electrons. The van der Waals surface area contributed by atoms with Gasteiger partial charge in [0, 0.05) is 37.0 Å². The van der Waals surface area contributed by atoms with E-state index in [1.807, 2.05) is 12.3 Å². The number of aromatic nitrogens is 2. The number of aryl methyl sites for hydroxylation is 1. The molecule has 1 fully saturated rings. The van der Waals surface area contributed by atoms with E-state index in [4.69, 9.17) is 14.5 Å². The number of hydrogen-bond acceptors (Lipinski definition) is 6. The highest BCUT2D eigenvalue weighted by Gasteiger charge is 2.28. The number of rotatable bonds is 5. The lowest BCUT2D eigenvalue weighted by atomic mass is 9.86. The lowest BCUT2D eigenvalue weighted by molar-refractivity contribution is -0.120. The number of piperidine rings is 1. The molecule has 7 heteroatoms. The second kappa shape index (κ2) is 8.90. The van der Waals surface area contributed by atoms with Crippen LogP contribution in [-0.4, -0.2) is 43.2 Å². The SMILES string of the molecule is COc1ccc(NC(=O)[C@H]2CCc3nc(N4CCC(C)CC4)ncc3C2)c(OC)c1. The van der Waals surface area contributed by atoms with Crippen LogP contribution in [0.1, 0.15) is 37.4 Å². The van der Waals surface area contributed by atoms with Crippen LogP contribution < -0.4 is 19.7 Å². The van der Waals surface area contributed by atoms with E-state index in [1.165, 1.54) is 12.8 Å². The summed E-state index contributed by atoms with van der Waals surface area (Å²) in [5.74, 6) is 2.79. The predicted octanol–water partition coefficient (Wildman–Crippen LogP) is 3.47. The molecule has 1 atom stereocenters. The maximum absolute atomic E-state index is 12.9. The number of carbonyl (C=O) groups excluding carboxylic acids is 1. The summed E-state index contributed by atoms with van der Waals surface area (Å²) >= 11 is 0. The highest BCUT2D eigenvalue weighted by atomic mass is 16.5. The van der Waals surface area contributed by atoms with Gasteiger partial charge in [-0.3, -0.25) is 4.79 Å². The second-order valence-electron chi connectivity index (χ2n) is 8.31. The number of benzene rings is 1. The van der Waals surface area contributed by atoms with Gasteiger partial charge in [0.1, 0.15) is 11.5 Å². The van der Waals surface area contributed by atoms with E-state index in [2.05, 4.69) is 22.1 Å². The van der Waals surface area contributed by atoms with Gasteiger partial charge in [-0.25, -0.2) is 9.97 Å². The number of anilines is 2. The molecule has 1 aliphatic carbocycles. The minimum Gasteiger partial charge on any atom is -0.497 e. The van der Waals surface area contributed by atoms with Crippen LogP contribution in [0.5, 0.6) is 11.5 Å². The Morgan fingerprint density at radius 3 is 2.70 bits per heavy atom. The van der Waals surface area contributed by atoms with Crippen molar-refractivity contribution in [3.05, 3.63) is 35.7 Å². The Labute approximate surface area is 177 Å². The number of amides is 1. The molecule has 30 heavy (non-hydrogen) atoms. The molecule has 2 heterocycles. The quantitative estimate of drug-likeness (QED) is 0.813. The number of nitrogens with zero attached hydrogens (tertiary/aromatic N) is 3. The predicted molar refractivity (Wildman–Crippen MR) is 116 cm³/mol. The first-order valence-corrected chi connectivity index (χ1v) is 10.7. The summed E-state index contributed by atoms with van der Waals surface area (Å²) in [6, 6.07) is 5.38. The number of nitrogens with one attached hydrogen (secondary N) is 1. The lowest BCUT2D eigenvalue weighted by Gasteiger charge is -2.31. The normalized spacial score (nSPS) is 19.2. The zero-order valence-electron chi connectivity index (χ0n) is 18.0. The lowest BCUT2D eigenvalue weighted by Crippen LogP contribution is -2.35. The molecular weight excluding hydrogens is 380 g/mol. The van der Waals surface area contributed by atoms with Crippen LogP contribution >= 0.6 is 0 Å². The molecule has 0 spiro atoms. The summed E-state index contributed by atoms with van der Waals surface area (Å²) in [6.07, 6.45) is 6.55. The first-order valence-electron chi connectivity index (χ1n) is 10.7. The van der Waals surface area contributed by atoms with Crippen LogP contribution in [0, 0.1) is 11.8 Å². The molecule has 0 unspecified atom stereocenters. The number of methoxy groups -OCH3 is 2. The van der Waals surface area contributed by atoms with Crippen LogP contribution in [0.25, 0.3) is 0 Å². The number of ether oxygens (including phenoxy) is 2. The fraction of sp³-hybridized carbons (Fsp3) is 0.522. The molecule has 1 N–H and O–H groups in total. The average molecular weight is 411 g/mol. The van der Waals surface area contributed by atoms with Gasteiger partial charge in [0.25, 0.3) is 0 Å². The first kappa shape index (κ1) is 20.4. The molecular formula is C23H30N4O3. The van der Waals surface area contributed by atoms with E-state index in [9.17, 15) is 4.79 Å². The fourth-order valence-electron chi connectivity index (χ4n) is 4.22. The smallest absolute Gasteiger partial charge is 0.227 e. The van der Waals surface area contributed by atoms with Crippen molar-refractivity contribution in [2.45, 2.75) is 39.0 Å². The summed E-state index contributed by atoms with van der Waals surface area (Å²) in [7, 11) is 3.19. The van der Waals surface area contributed by atoms with Gasteiger partial charge in [0.2, 0.25) is 11.9 Å². The van der Waals surface area contributed by atoms with Gasteiger partial charge in [-0.2, -0.15) is 0 Å². The Bertz CT molecular complexity index is 909. The molecule has 1 amide bonds. The first-order chi connectivity index (χ1) is 14.6. The third kappa shape index (κ3) is 4.35. The van der Waals surface area contributed by atoms with Crippen molar-refractivity contribution in [3.8, 4) is 11.5 Å². The van der Waals surface area contributed by atoms with Gasteiger partial charge < -0.3 is 19.7 Å². The number of hydrogen-bond donors (Lipinski definition) is 1. The maximum Gasteiger partial charge on any atom is 0.227 e. The van der Waals surface area contributed by atoms with Crippen molar-refractivity contribution in [1.29, 1.82) is 0 Å². The van der Waals surface area contributed by atoms with Crippen molar-refractivity contribution < 1.29 is 14.3 Å². The molecule has 4 rings (SSSR count). The van der Waals surface area contributed by atoms with Gasteiger partial charge in [-0.05, 0) is 55.7 Å². The van der Waals surface area contributed by atoms with Crippen LogP contribution in [-0.2, 0) is 17.6 Å². The van der Waals surface area contributed by atoms with Crippen molar-refractivity contribution in [3.63, 3.8) is 0 Å². The van der Waals surface area contributed by atoms with E-state index in [0.717, 1.165) is 49.1 Å². The summed E-state index contributed by atoms with van der Waals surface area (Å²) in [5, 5.41) is 3.01. The Kier molecular flexibility index (Phi) is 6.06. The Morgan fingerprint density at radius 2 is 1.97 bits per heavy atom. The molecule has 160 valence electrons. The summed E-state index contributed by atoms with van der Waals surface area (Å²) in [5.41, 5.74) is 2.82. The van der Waals surface area contributed by atoms with Crippen LogP contribution in [0.3, 0.4) is 0 Å². The van der Waals surface area contributed by atoms with Crippen LogP contribution in [0.15, 0.2) is 24.4 Å². The summed E-state index contributed by atoms with van der Waals surface area (Å²) < 4.78 is 10.6. The van der Waals surface area contributed by atoms with Crippen molar-refractivity contribution in [1.82, 2.24) is 9.97 Å². The zero-order valence-corrected chi connectivity index (χ0v) is 18.0. The standard InChI is InChI=1S/C23H30N4O3/c1-15-8-10-27(11-9-15)23-24-14-17-12-16(4-6-19(17)26-23)22(28)25-20-7-5-18(29-2)13-21(20)30-3/h5,7,13-16H,4,6,8-12H2,1-3H3,(H,25,28)/t16-/m0/s1. The van der Waals surface area contributed by atoms with Gasteiger partial charge in [-0.15, -0.1) is 0 Å². The number of carbonyl (C=O) groups is 1. The minimum absolute atomic E-state index is 0.00166. The molecule has 1 saturated heterocycles. The van der Waals surface area contributed by atoms with Crippen molar-refractivity contribution in [2.24, 2.45) is 11.8 Å². The Morgan fingerprint density at radius 1 is 1.17 bits per heavy atom. The van der Waals surface area contributed by atoms with Gasteiger partial charge in [0.05, 0.1) is 19.9 Å².